The highest BCUT2D eigenvalue weighted by Gasteiger charge is 2.10. The molecule has 0 atom stereocenters. The lowest BCUT2D eigenvalue weighted by Gasteiger charge is -2.07. The average Bonchev–Trinajstić information content (AvgIpc) is 2.91. The molecule has 7 heteroatoms. The Morgan fingerprint density at radius 1 is 1.43 bits per heavy atom. The zero-order valence-corrected chi connectivity index (χ0v) is 12.5. The number of hydrogen-bond acceptors (Lipinski definition) is 6. The number of nitrogens with one attached hydrogen (secondary N) is 1. The van der Waals surface area contributed by atoms with Crippen LogP contribution in [0.15, 0.2) is 29.6 Å². The summed E-state index contributed by atoms with van der Waals surface area (Å²) < 4.78 is 10.4. The van der Waals surface area contributed by atoms with Crippen LogP contribution in [0.2, 0.25) is 0 Å². The number of hydrogen-bond donors (Lipinski definition) is 2. The van der Waals surface area contributed by atoms with E-state index in [1.807, 2.05) is 24.3 Å². The summed E-state index contributed by atoms with van der Waals surface area (Å²) in [6.07, 6.45) is 0. The number of methoxy groups -OCH3 is 1. The summed E-state index contributed by atoms with van der Waals surface area (Å²) >= 11 is 1.24. The van der Waals surface area contributed by atoms with Crippen LogP contribution in [0.5, 0.6) is 0 Å². The molecule has 0 aliphatic heterocycles. The van der Waals surface area contributed by atoms with Crippen LogP contribution in [0.3, 0.4) is 0 Å². The van der Waals surface area contributed by atoms with Gasteiger partial charge in [-0.05, 0) is 17.7 Å². The van der Waals surface area contributed by atoms with E-state index in [2.05, 4.69) is 10.3 Å². The highest BCUT2D eigenvalue weighted by molar-refractivity contribution is 7.13. The molecule has 112 valence electrons. The predicted molar refractivity (Wildman–Crippen MR) is 82.5 cm³/mol. The molecule has 21 heavy (non-hydrogen) atoms. The lowest BCUT2D eigenvalue weighted by molar-refractivity contribution is 0.0617. The van der Waals surface area contributed by atoms with Crippen LogP contribution in [0.4, 0.5) is 10.8 Å². The summed E-state index contributed by atoms with van der Waals surface area (Å²) in [5.41, 5.74) is 7.50. The third-order valence-electron chi connectivity index (χ3n) is 2.64. The van der Waals surface area contributed by atoms with Crippen LogP contribution < -0.4 is 11.1 Å². The van der Waals surface area contributed by atoms with Crippen LogP contribution >= 0.6 is 11.3 Å². The number of nitrogens with two attached hydrogens (primary N) is 1. The van der Waals surface area contributed by atoms with Gasteiger partial charge in [-0.15, -0.1) is 11.3 Å². The molecule has 1 aromatic heterocycles. The van der Waals surface area contributed by atoms with Crippen molar-refractivity contribution in [2.75, 3.05) is 31.4 Å². The molecule has 0 aliphatic carbocycles. The molecule has 0 saturated carbocycles. The third-order valence-corrected chi connectivity index (χ3v) is 3.31. The largest absolute Gasteiger partial charge is 0.382 e. The minimum absolute atomic E-state index is 0.277. The van der Waals surface area contributed by atoms with Crippen LogP contribution in [-0.2, 0) is 16.1 Å². The molecule has 0 fully saturated rings. The maximum Gasteiger partial charge on any atom is 0.275 e. The number of benzene rings is 1. The number of nitrogen functional groups attached to an aromatic ring is 1. The van der Waals surface area contributed by atoms with Crippen molar-refractivity contribution in [3.63, 3.8) is 0 Å². The van der Waals surface area contributed by atoms with Gasteiger partial charge in [-0.1, -0.05) is 12.1 Å². The molecule has 2 aromatic rings. The Labute approximate surface area is 126 Å². The van der Waals surface area contributed by atoms with Gasteiger partial charge in [0.2, 0.25) is 0 Å². The lowest BCUT2D eigenvalue weighted by Crippen LogP contribution is -2.12. The van der Waals surface area contributed by atoms with E-state index < -0.39 is 0 Å². The van der Waals surface area contributed by atoms with Crippen molar-refractivity contribution in [3.8, 4) is 0 Å². The van der Waals surface area contributed by atoms with Crippen molar-refractivity contribution in [1.82, 2.24) is 4.98 Å². The first-order chi connectivity index (χ1) is 10.2. The molecule has 6 nitrogen and oxygen atoms in total. The zero-order chi connectivity index (χ0) is 15.1. The number of anilines is 2. The minimum Gasteiger partial charge on any atom is -0.382 e. The Hall–Kier alpha value is -1.96. The van der Waals surface area contributed by atoms with Crippen molar-refractivity contribution < 1.29 is 14.3 Å². The fourth-order valence-electron chi connectivity index (χ4n) is 1.66. The van der Waals surface area contributed by atoms with Gasteiger partial charge in [0.25, 0.3) is 5.91 Å². The number of ether oxygens (including phenoxy) is 2. The molecule has 0 saturated heterocycles. The second-order valence-electron chi connectivity index (χ2n) is 4.27. The molecule has 3 N–H and O–H groups in total. The Morgan fingerprint density at radius 2 is 2.29 bits per heavy atom. The number of thiazole rings is 1. The van der Waals surface area contributed by atoms with E-state index in [4.69, 9.17) is 15.2 Å². The molecule has 2 rings (SSSR count). The van der Waals surface area contributed by atoms with E-state index in [0.29, 0.717) is 36.3 Å². The summed E-state index contributed by atoms with van der Waals surface area (Å²) in [5, 5.41) is 4.79. The Balaban J connectivity index is 1.92. The normalized spacial score (nSPS) is 10.5. The van der Waals surface area contributed by atoms with E-state index in [0.717, 1.165) is 5.56 Å². The standard InChI is InChI=1S/C14H17N3O3S/c1-19-5-6-20-8-10-3-2-4-11(7-10)16-13(18)12-9-21-14(15)17-12/h2-4,7,9H,5-6,8H2,1H3,(H2,15,17)(H,16,18). The zero-order valence-electron chi connectivity index (χ0n) is 11.7. The van der Waals surface area contributed by atoms with Crippen LogP contribution in [0.25, 0.3) is 0 Å². The monoisotopic (exact) mass is 307 g/mol. The van der Waals surface area contributed by atoms with Gasteiger partial charge in [0.05, 0.1) is 19.8 Å². The fraction of sp³-hybridized carbons (Fsp3) is 0.286. The molecule has 0 aliphatic rings. The summed E-state index contributed by atoms with van der Waals surface area (Å²) in [7, 11) is 1.63. The Morgan fingerprint density at radius 3 is 3.00 bits per heavy atom. The van der Waals surface area contributed by atoms with Gasteiger partial charge in [-0.3, -0.25) is 4.79 Å². The van der Waals surface area contributed by atoms with Gasteiger partial charge in [-0.25, -0.2) is 4.98 Å². The number of rotatable bonds is 7. The molecule has 1 aromatic carbocycles. The van der Waals surface area contributed by atoms with E-state index in [1.165, 1.54) is 11.3 Å². The van der Waals surface area contributed by atoms with Gasteiger partial charge < -0.3 is 20.5 Å². The van der Waals surface area contributed by atoms with Crippen molar-refractivity contribution in [1.29, 1.82) is 0 Å². The molecular formula is C14H17N3O3S. The molecule has 0 spiro atoms. The van der Waals surface area contributed by atoms with Gasteiger partial charge in [-0.2, -0.15) is 0 Å². The fourth-order valence-corrected chi connectivity index (χ4v) is 2.20. The Kier molecular flexibility index (Phi) is 5.68. The first-order valence-electron chi connectivity index (χ1n) is 6.37. The van der Waals surface area contributed by atoms with Crippen molar-refractivity contribution in [3.05, 3.63) is 40.9 Å². The van der Waals surface area contributed by atoms with Crippen molar-refractivity contribution in [2.45, 2.75) is 6.61 Å². The molecule has 0 bridgehead atoms. The molecule has 1 heterocycles. The number of nitrogens with zero attached hydrogens (tertiary/aromatic N) is 1. The van der Waals surface area contributed by atoms with Crippen LogP contribution in [0, 0.1) is 0 Å². The topological polar surface area (TPSA) is 86.5 Å². The first kappa shape index (κ1) is 15.4. The minimum atomic E-state index is -0.277. The molecular weight excluding hydrogens is 290 g/mol. The van der Waals surface area contributed by atoms with E-state index >= 15 is 0 Å². The molecule has 0 unspecified atom stereocenters. The SMILES string of the molecule is COCCOCc1cccc(NC(=O)c2csc(N)n2)c1. The van der Waals surface area contributed by atoms with Crippen molar-refractivity contribution in [2.24, 2.45) is 0 Å². The summed E-state index contributed by atoms with van der Waals surface area (Å²) in [4.78, 5) is 15.9. The number of aromatic nitrogens is 1. The third kappa shape index (κ3) is 4.82. The smallest absolute Gasteiger partial charge is 0.275 e. The highest BCUT2D eigenvalue weighted by Crippen LogP contribution is 2.15. The maximum atomic E-state index is 12.0. The van der Waals surface area contributed by atoms with Gasteiger partial charge >= 0.3 is 0 Å². The first-order valence-corrected chi connectivity index (χ1v) is 7.25. The van der Waals surface area contributed by atoms with Gasteiger partial charge in [0, 0.05) is 18.2 Å². The second kappa shape index (κ2) is 7.72. The van der Waals surface area contributed by atoms with Gasteiger partial charge in [0.1, 0.15) is 5.69 Å². The predicted octanol–water partition coefficient (Wildman–Crippen LogP) is 2.14. The van der Waals surface area contributed by atoms with E-state index in [1.54, 1.807) is 12.5 Å². The number of carbonyl (C=O) groups is 1. The second-order valence-corrected chi connectivity index (χ2v) is 5.16. The number of amides is 1. The lowest BCUT2D eigenvalue weighted by atomic mass is 10.2. The highest BCUT2D eigenvalue weighted by atomic mass is 32.1. The summed E-state index contributed by atoms with van der Waals surface area (Å²) in [6.45, 7) is 1.56. The van der Waals surface area contributed by atoms with E-state index in [9.17, 15) is 4.79 Å². The van der Waals surface area contributed by atoms with E-state index in [-0.39, 0.29) is 5.91 Å². The summed E-state index contributed by atoms with van der Waals surface area (Å²) in [5.74, 6) is -0.277. The Bertz CT molecular complexity index is 601. The average molecular weight is 307 g/mol. The van der Waals surface area contributed by atoms with Crippen LogP contribution in [-0.4, -0.2) is 31.2 Å². The maximum absolute atomic E-state index is 12.0. The number of carbonyl (C=O) groups excluding carboxylic acids is 1. The van der Waals surface area contributed by atoms with Crippen LogP contribution in [0.1, 0.15) is 16.1 Å². The molecule has 0 radical (unpaired) electrons. The summed E-state index contributed by atoms with van der Waals surface area (Å²) in [6, 6.07) is 7.47. The van der Waals surface area contributed by atoms with Gasteiger partial charge in [0.15, 0.2) is 5.13 Å². The molecule has 1 amide bonds. The quantitative estimate of drug-likeness (QED) is 0.765. The van der Waals surface area contributed by atoms with Crippen molar-refractivity contribution >= 4 is 28.1 Å².